The topological polar surface area (TPSA) is 71.3 Å². The first-order valence-corrected chi connectivity index (χ1v) is 6.44. The largest absolute Gasteiger partial charge is 0.459 e. The third-order valence-electron chi connectivity index (χ3n) is 2.66. The summed E-state index contributed by atoms with van der Waals surface area (Å²) in [5.41, 5.74) is 1.06. The molecule has 0 saturated heterocycles. The van der Waals surface area contributed by atoms with Gasteiger partial charge in [0.15, 0.2) is 5.76 Å². The minimum atomic E-state index is -0.346. The van der Waals surface area contributed by atoms with Gasteiger partial charge in [-0.2, -0.15) is 0 Å². The summed E-state index contributed by atoms with van der Waals surface area (Å²) in [6, 6.07) is 9.99. The average Bonchev–Trinajstić information content (AvgIpc) is 2.99. The number of furan rings is 1. The average molecular weight is 272 g/mol. The summed E-state index contributed by atoms with van der Waals surface area (Å²) in [5.74, 6) is -0.270. The number of hydrogen-bond donors (Lipinski definition) is 2. The molecule has 0 aliphatic rings. The molecule has 2 N–H and O–H groups in total. The van der Waals surface area contributed by atoms with Crippen LogP contribution in [0.2, 0.25) is 0 Å². The fraction of sp³-hybridized carbons (Fsp3) is 0.200. The zero-order valence-corrected chi connectivity index (χ0v) is 11.2. The molecule has 0 spiro atoms. The summed E-state index contributed by atoms with van der Waals surface area (Å²) >= 11 is 0. The second-order valence-corrected chi connectivity index (χ2v) is 4.27. The van der Waals surface area contributed by atoms with E-state index in [0.717, 1.165) is 6.42 Å². The number of benzene rings is 1. The number of nitrogens with one attached hydrogen (secondary N) is 2. The van der Waals surface area contributed by atoms with E-state index in [1.165, 1.54) is 6.26 Å². The molecule has 0 saturated carbocycles. The zero-order valence-electron chi connectivity index (χ0n) is 11.2. The third-order valence-corrected chi connectivity index (χ3v) is 2.66. The van der Waals surface area contributed by atoms with E-state index in [0.29, 0.717) is 17.8 Å². The van der Waals surface area contributed by atoms with E-state index in [9.17, 15) is 9.59 Å². The van der Waals surface area contributed by atoms with Gasteiger partial charge in [0, 0.05) is 17.8 Å². The molecule has 104 valence electrons. The Labute approximate surface area is 117 Å². The highest BCUT2D eigenvalue weighted by Crippen LogP contribution is 2.12. The van der Waals surface area contributed by atoms with Crippen molar-refractivity contribution in [3.63, 3.8) is 0 Å². The molecular formula is C15H16N2O3. The summed E-state index contributed by atoms with van der Waals surface area (Å²) in [4.78, 5) is 23.7. The van der Waals surface area contributed by atoms with Gasteiger partial charge in [-0.1, -0.05) is 13.0 Å². The molecule has 0 atom stereocenters. The Balaban J connectivity index is 2.06. The van der Waals surface area contributed by atoms with Crippen LogP contribution >= 0.6 is 0 Å². The smallest absolute Gasteiger partial charge is 0.291 e. The van der Waals surface area contributed by atoms with Crippen LogP contribution in [0.3, 0.4) is 0 Å². The summed E-state index contributed by atoms with van der Waals surface area (Å²) in [5, 5.41) is 5.47. The Kier molecular flexibility index (Phi) is 4.55. The lowest BCUT2D eigenvalue weighted by Crippen LogP contribution is -2.24. The van der Waals surface area contributed by atoms with Gasteiger partial charge in [-0.15, -0.1) is 0 Å². The minimum absolute atomic E-state index is 0.152. The van der Waals surface area contributed by atoms with Crippen molar-refractivity contribution >= 4 is 17.5 Å². The summed E-state index contributed by atoms with van der Waals surface area (Å²) in [7, 11) is 0. The van der Waals surface area contributed by atoms with Crippen molar-refractivity contribution in [1.82, 2.24) is 5.32 Å². The lowest BCUT2D eigenvalue weighted by Gasteiger charge is -2.07. The first-order valence-electron chi connectivity index (χ1n) is 6.44. The van der Waals surface area contributed by atoms with Gasteiger partial charge in [-0.3, -0.25) is 9.59 Å². The van der Waals surface area contributed by atoms with E-state index in [1.54, 1.807) is 36.4 Å². The van der Waals surface area contributed by atoms with Crippen LogP contribution in [0.15, 0.2) is 47.1 Å². The second kappa shape index (κ2) is 6.56. The quantitative estimate of drug-likeness (QED) is 0.879. The first kappa shape index (κ1) is 13.9. The van der Waals surface area contributed by atoms with E-state index in [2.05, 4.69) is 10.6 Å². The molecule has 2 amide bonds. The van der Waals surface area contributed by atoms with Gasteiger partial charge < -0.3 is 15.1 Å². The number of rotatable bonds is 5. The van der Waals surface area contributed by atoms with Gasteiger partial charge in [0.2, 0.25) is 0 Å². The van der Waals surface area contributed by atoms with E-state index in [1.807, 2.05) is 6.92 Å². The molecule has 5 nitrogen and oxygen atoms in total. The van der Waals surface area contributed by atoms with Crippen molar-refractivity contribution in [1.29, 1.82) is 0 Å². The molecule has 0 aliphatic carbocycles. The Morgan fingerprint density at radius 3 is 2.70 bits per heavy atom. The fourth-order valence-electron chi connectivity index (χ4n) is 1.68. The molecule has 0 fully saturated rings. The second-order valence-electron chi connectivity index (χ2n) is 4.27. The van der Waals surface area contributed by atoms with Crippen LogP contribution in [0.1, 0.15) is 34.3 Å². The van der Waals surface area contributed by atoms with Gasteiger partial charge in [0.25, 0.3) is 11.8 Å². The number of carbonyl (C=O) groups is 2. The predicted octanol–water partition coefficient (Wildman–Crippen LogP) is 2.67. The van der Waals surface area contributed by atoms with Crippen molar-refractivity contribution in [2.45, 2.75) is 13.3 Å². The number of amides is 2. The van der Waals surface area contributed by atoms with Crippen LogP contribution in [-0.2, 0) is 0 Å². The molecule has 0 unspecified atom stereocenters. The molecule has 1 aromatic carbocycles. The Morgan fingerprint density at radius 1 is 1.15 bits per heavy atom. The predicted molar refractivity (Wildman–Crippen MR) is 75.7 cm³/mol. The van der Waals surface area contributed by atoms with Gasteiger partial charge in [0.1, 0.15) is 0 Å². The molecule has 2 aromatic rings. The normalized spacial score (nSPS) is 10.1. The van der Waals surface area contributed by atoms with E-state index in [-0.39, 0.29) is 17.6 Å². The van der Waals surface area contributed by atoms with Crippen LogP contribution in [0.4, 0.5) is 5.69 Å². The molecule has 5 heteroatoms. The molecule has 0 aliphatic heterocycles. The van der Waals surface area contributed by atoms with Crippen molar-refractivity contribution in [2.75, 3.05) is 11.9 Å². The van der Waals surface area contributed by atoms with Crippen LogP contribution in [0.5, 0.6) is 0 Å². The summed E-state index contributed by atoms with van der Waals surface area (Å²) < 4.78 is 5.01. The van der Waals surface area contributed by atoms with E-state index < -0.39 is 0 Å². The summed E-state index contributed by atoms with van der Waals surface area (Å²) in [6.07, 6.45) is 2.31. The zero-order chi connectivity index (χ0) is 14.4. The van der Waals surface area contributed by atoms with Crippen molar-refractivity contribution in [3.8, 4) is 0 Å². The number of hydrogen-bond acceptors (Lipinski definition) is 3. The SMILES string of the molecule is CCCNC(=O)c1cccc(NC(=O)c2ccco2)c1. The maximum absolute atomic E-state index is 11.8. The highest BCUT2D eigenvalue weighted by molar-refractivity contribution is 6.03. The van der Waals surface area contributed by atoms with Crippen LogP contribution in [0, 0.1) is 0 Å². The van der Waals surface area contributed by atoms with Crippen molar-refractivity contribution in [2.24, 2.45) is 0 Å². The van der Waals surface area contributed by atoms with Crippen LogP contribution in [-0.4, -0.2) is 18.4 Å². The maximum Gasteiger partial charge on any atom is 0.291 e. The fourth-order valence-corrected chi connectivity index (χ4v) is 1.68. The van der Waals surface area contributed by atoms with Gasteiger partial charge in [-0.25, -0.2) is 0 Å². The third kappa shape index (κ3) is 3.47. The van der Waals surface area contributed by atoms with Gasteiger partial charge >= 0.3 is 0 Å². The number of carbonyl (C=O) groups excluding carboxylic acids is 2. The molecule has 0 bridgehead atoms. The number of anilines is 1. The molecule has 0 radical (unpaired) electrons. The first-order chi connectivity index (χ1) is 9.70. The molecular weight excluding hydrogens is 256 g/mol. The highest BCUT2D eigenvalue weighted by atomic mass is 16.3. The maximum atomic E-state index is 11.8. The molecule has 1 aromatic heterocycles. The lowest BCUT2D eigenvalue weighted by molar-refractivity contribution is 0.0951. The Morgan fingerprint density at radius 2 is 2.00 bits per heavy atom. The highest BCUT2D eigenvalue weighted by Gasteiger charge is 2.10. The lowest BCUT2D eigenvalue weighted by atomic mass is 10.2. The van der Waals surface area contributed by atoms with Crippen molar-refractivity contribution < 1.29 is 14.0 Å². The monoisotopic (exact) mass is 272 g/mol. The van der Waals surface area contributed by atoms with E-state index in [4.69, 9.17) is 4.42 Å². The molecule has 1 heterocycles. The molecule has 2 rings (SSSR count). The van der Waals surface area contributed by atoms with E-state index >= 15 is 0 Å². The van der Waals surface area contributed by atoms with Gasteiger partial charge in [-0.05, 0) is 36.8 Å². The standard InChI is InChI=1S/C15H16N2O3/c1-2-8-16-14(18)11-5-3-6-12(10-11)17-15(19)13-7-4-9-20-13/h3-7,9-10H,2,8H2,1H3,(H,16,18)(H,17,19). The Bertz CT molecular complexity index is 591. The van der Waals surface area contributed by atoms with Crippen molar-refractivity contribution in [3.05, 3.63) is 54.0 Å². The van der Waals surface area contributed by atoms with Gasteiger partial charge in [0.05, 0.1) is 6.26 Å². The minimum Gasteiger partial charge on any atom is -0.459 e. The van der Waals surface area contributed by atoms with Crippen LogP contribution in [0.25, 0.3) is 0 Å². The summed E-state index contributed by atoms with van der Waals surface area (Å²) in [6.45, 7) is 2.61. The Hall–Kier alpha value is -2.56. The van der Waals surface area contributed by atoms with Crippen LogP contribution < -0.4 is 10.6 Å². The molecule has 20 heavy (non-hydrogen) atoms.